The summed E-state index contributed by atoms with van der Waals surface area (Å²) in [4.78, 5) is 12.4. The van der Waals surface area contributed by atoms with E-state index in [-0.39, 0.29) is 5.69 Å². The number of aryl methyl sites for hydroxylation is 1. The van der Waals surface area contributed by atoms with Crippen molar-refractivity contribution in [3.8, 4) is 0 Å². The van der Waals surface area contributed by atoms with Gasteiger partial charge in [0, 0.05) is 24.8 Å². The standard InChI is InChI=1S/C17H19ClFN3O3S/c1-12-10-13(18)8-9-15(12)20-17(23)11-22(26(24,25)21(2)3)16-7-5-4-6-14(16)19/h4-10H,11H2,1-3H3,(H,20,23). The first kappa shape index (κ1) is 20.2. The third-order valence-corrected chi connectivity index (χ3v) is 5.65. The molecule has 0 saturated carbocycles. The van der Waals surface area contributed by atoms with Gasteiger partial charge in [-0.3, -0.25) is 4.79 Å². The summed E-state index contributed by atoms with van der Waals surface area (Å²) in [5, 5.41) is 3.14. The zero-order valence-corrected chi connectivity index (χ0v) is 16.1. The maximum Gasteiger partial charge on any atom is 0.304 e. The van der Waals surface area contributed by atoms with E-state index in [1.807, 2.05) is 0 Å². The molecule has 0 aliphatic heterocycles. The molecule has 0 saturated heterocycles. The van der Waals surface area contributed by atoms with Crippen molar-refractivity contribution in [2.45, 2.75) is 6.92 Å². The highest BCUT2D eigenvalue weighted by atomic mass is 35.5. The largest absolute Gasteiger partial charge is 0.324 e. The first-order valence-electron chi connectivity index (χ1n) is 7.63. The van der Waals surface area contributed by atoms with Gasteiger partial charge in [-0.25, -0.2) is 8.70 Å². The minimum Gasteiger partial charge on any atom is -0.324 e. The fourth-order valence-corrected chi connectivity index (χ4v) is 3.53. The SMILES string of the molecule is Cc1cc(Cl)ccc1NC(=O)CN(c1ccccc1F)S(=O)(=O)N(C)C. The van der Waals surface area contributed by atoms with E-state index < -0.39 is 28.5 Å². The normalized spacial score (nSPS) is 11.5. The molecule has 0 unspecified atom stereocenters. The second-order valence-electron chi connectivity index (χ2n) is 5.76. The van der Waals surface area contributed by atoms with E-state index in [1.54, 1.807) is 25.1 Å². The average Bonchev–Trinajstić information content (AvgIpc) is 2.56. The first-order valence-corrected chi connectivity index (χ1v) is 9.41. The highest BCUT2D eigenvalue weighted by Crippen LogP contribution is 2.24. The van der Waals surface area contributed by atoms with Gasteiger partial charge in [0.25, 0.3) is 0 Å². The van der Waals surface area contributed by atoms with Gasteiger partial charge in [0.1, 0.15) is 12.4 Å². The number of rotatable bonds is 6. The number of hydrogen-bond donors (Lipinski definition) is 1. The lowest BCUT2D eigenvalue weighted by molar-refractivity contribution is -0.114. The Morgan fingerprint density at radius 2 is 1.85 bits per heavy atom. The lowest BCUT2D eigenvalue weighted by atomic mass is 10.2. The van der Waals surface area contributed by atoms with E-state index in [1.165, 1.54) is 32.3 Å². The molecule has 1 N–H and O–H groups in total. The molecule has 0 spiro atoms. The van der Waals surface area contributed by atoms with Crippen molar-refractivity contribution in [2.75, 3.05) is 30.3 Å². The molecule has 0 fully saturated rings. The molecule has 0 aromatic heterocycles. The Hall–Kier alpha value is -2.16. The highest BCUT2D eigenvalue weighted by molar-refractivity contribution is 7.90. The van der Waals surface area contributed by atoms with Crippen molar-refractivity contribution in [2.24, 2.45) is 0 Å². The number of benzene rings is 2. The van der Waals surface area contributed by atoms with E-state index in [0.29, 0.717) is 10.7 Å². The lowest BCUT2D eigenvalue weighted by Crippen LogP contribution is -2.44. The van der Waals surface area contributed by atoms with Crippen LogP contribution in [0.25, 0.3) is 0 Å². The third-order valence-electron chi connectivity index (χ3n) is 3.61. The van der Waals surface area contributed by atoms with Gasteiger partial charge in [-0.15, -0.1) is 0 Å². The Labute approximate surface area is 157 Å². The Morgan fingerprint density at radius 3 is 2.42 bits per heavy atom. The number of nitrogens with zero attached hydrogens (tertiary/aromatic N) is 2. The van der Waals surface area contributed by atoms with Gasteiger partial charge in [0.2, 0.25) is 5.91 Å². The highest BCUT2D eigenvalue weighted by Gasteiger charge is 2.29. The fourth-order valence-electron chi connectivity index (χ4n) is 2.23. The maximum atomic E-state index is 14.1. The number of anilines is 2. The van der Waals surface area contributed by atoms with Crippen LogP contribution in [-0.2, 0) is 15.0 Å². The van der Waals surface area contributed by atoms with Crippen molar-refractivity contribution >= 4 is 39.1 Å². The summed E-state index contributed by atoms with van der Waals surface area (Å²) < 4.78 is 40.9. The predicted molar refractivity (Wildman–Crippen MR) is 101 cm³/mol. The summed E-state index contributed by atoms with van der Waals surface area (Å²) in [6.07, 6.45) is 0. The third kappa shape index (κ3) is 4.51. The Morgan fingerprint density at radius 1 is 1.19 bits per heavy atom. The van der Waals surface area contributed by atoms with Gasteiger partial charge in [-0.1, -0.05) is 23.7 Å². The molecular weight excluding hydrogens is 381 g/mol. The topological polar surface area (TPSA) is 69.7 Å². The van der Waals surface area contributed by atoms with Crippen molar-refractivity contribution in [3.63, 3.8) is 0 Å². The number of carbonyl (C=O) groups is 1. The molecule has 140 valence electrons. The molecule has 0 aliphatic carbocycles. The van der Waals surface area contributed by atoms with Gasteiger partial charge in [-0.2, -0.15) is 12.7 Å². The predicted octanol–water partition coefficient (Wildman–Crippen LogP) is 3.04. The molecule has 0 heterocycles. The molecule has 0 aliphatic rings. The zero-order chi connectivity index (χ0) is 19.5. The maximum absolute atomic E-state index is 14.1. The summed E-state index contributed by atoms with van der Waals surface area (Å²) in [5.41, 5.74) is 1.01. The number of para-hydroxylation sites is 1. The van der Waals surface area contributed by atoms with E-state index in [9.17, 15) is 17.6 Å². The van der Waals surface area contributed by atoms with E-state index in [0.717, 1.165) is 20.2 Å². The zero-order valence-electron chi connectivity index (χ0n) is 14.5. The van der Waals surface area contributed by atoms with Crippen LogP contribution in [0.5, 0.6) is 0 Å². The molecule has 0 atom stereocenters. The lowest BCUT2D eigenvalue weighted by Gasteiger charge is -2.27. The molecule has 6 nitrogen and oxygen atoms in total. The molecule has 0 bridgehead atoms. The van der Waals surface area contributed by atoms with Crippen LogP contribution >= 0.6 is 11.6 Å². The number of halogens is 2. The van der Waals surface area contributed by atoms with Crippen molar-refractivity contribution < 1.29 is 17.6 Å². The van der Waals surface area contributed by atoms with Crippen LogP contribution in [0, 0.1) is 12.7 Å². The number of carbonyl (C=O) groups excluding carboxylic acids is 1. The van der Waals surface area contributed by atoms with Crippen molar-refractivity contribution in [1.29, 1.82) is 0 Å². The van der Waals surface area contributed by atoms with Crippen LogP contribution in [0.4, 0.5) is 15.8 Å². The molecular formula is C17H19ClFN3O3S. The smallest absolute Gasteiger partial charge is 0.304 e. The molecule has 2 rings (SSSR count). The van der Waals surface area contributed by atoms with E-state index >= 15 is 0 Å². The minimum absolute atomic E-state index is 0.204. The molecule has 9 heteroatoms. The van der Waals surface area contributed by atoms with Gasteiger partial charge in [-0.05, 0) is 42.8 Å². The second-order valence-corrected chi connectivity index (χ2v) is 8.26. The Balaban J connectivity index is 2.32. The summed E-state index contributed by atoms with van der Waals surface area (Å²) in [6.45, 7) is 1.18. The van der Waals surface area contributed by atoms with E-state index in [2.05, 4.69) is 5.32 Å². The molecule has 0 radical (unpaired) electrons. The molecule has 26 heavy (non-hydrogen) atoms. The first-order chi connectivity index (χ1) is 12.1. The van der Waals surface area contributed by atoms with Crippen LogP contribution in [0.2, 0.25) is 5.02 Å². The number of amides is 1. The van der Waals surface area contributed by atoms with Crippen LogP contribution in [0.3, 0.4) is 0 Å². The van der Waals surface area contributed by atoms with Gasteiger partial charge < -0.3 is 5.32 Å². The van der Waals surface area contributed by atoms with Crippen LogP contribution < -0.4 is 9.62 Å². The molecule has 1 amide bonds. The summed E-state index contributed by atoms with van der Waals surface area (Å²) >= 11 is 5.88. The monoisotopic (exact) mass is 399 g/mol. The van der Waals surface area contributed by atoms with Crippen molar-refractivity contribution in [3.05, 3.63) is 58.9 Å². The van der Waals surface area contributed by atoms with Gasteiger partial charge in [0.15, 0.2) is 0 Å². The second kappa shape index (κ2) is 8.03. The summed E-state index contributed by atoms with van der Waals surface area (Å²) in [7, 11) is -1.45. The van der Waals surface area contributed by atoms with Crippen LogP contribution in [0.1, 0.15) is 5.56 Å². The fraction of sp³-hybridized carbons (Fsp3) is 0.235. The number of nitrogens with one attached hydrogen (secondary N) is 1. The summed E-state index contributed by atoms with van der Waals surface area (Å²) in [6, 6.07) is 10.3. The minimum atomic E-state index is -4.07. The number of hydrogen-bond acceptors (Lipinski definition) is 3. The van der Waals surface area contributed by atoms with Gasteiger partial charge in [0.05, 0.1) is 5.69 Å². The Bertz CT molecular complexity index is 919. The van der Waals surface area contributed by atoms with Gasteiger partial charge >= 0.3 is 10.2 Å². The molecule has 2 aromatic carbocycles. The van der Waals surface area contributed by atoms with E-state index in [4.69, 9.17) is 11.6 Å². The molecule has 2 aromatic rings. The Kier molecular flexibility index (Phi) is 6.22. The average molecular weight is 400 g/mol. The van der Waals surface area contributed by atoms with Crippen molar-refractivity contribution in [1.82, 2.24) is 4.31 Å². The quantitative estimate of drug-likeness (QED) is 0.811. The van der Waals surface area contributed by atoms with Crippen LogP contribution in [0.15, 0.2) is 42.5 Å². The van der Waals surface area contributed by atoms with Crippen LogP contribution in [-0.4, -0.2) is 39.3 Å². The summed E-state index contributed by atoms with van der Waals surface area (Å²) in [5.74, 6) is -1.35.